The molecule has 0 aliphatic carbocycles. The molecule has 1 atom stereocenters. The van der Waals surface area contributed by atoms with E-state index >= 15 is 0 Å². The molecule has 26 heavy (non-hydrogen) atoms. The molecular weight excluding hydrogens is 354 g/mol. The van der Waals surface area contributed by atoms with Crippen molar-refractivity contribution in [3.63, 3.8) is 0 Å². The largest absolute Gasteiger partial charge is 0.335 e. The lowest BCUT2D eigenvalue weighted by Gasteiger charge is -2.23. The Morgan fingerprint density at radius 2 is 2.00 bits per heavy atom. The zero-order chi connectivity index (χ0) is 18.5. The number of aromatic nitrogens is 4. The smallest absolute Gasteiger partial charge is 0.328 e. The molecule has 0 bridgehead atoms. The van der Waals surface area contributed by atoms with E-state index in [1.807, 2.05) is 6.20 Å². The highest BCUT2D eigenvalue weighted by Crippen LogP contribution is 2.20. The van der Waals surface area contributed by atoms with Gasteiger partial charge in [0.05, 0.1) is 15.9 Å². The number of nitrogens with zero attached hydrogens (tertiary/aromatic N) is 4. The fourth-order valence-corrected chi connectivity index (χ4v) is 4.70. The Balaban J connectivity index is 1.54. The quantitative estimate of drug-likeness (QED) is 0.724. The van der Waals surface area contributed by atoms with Gasteiger partial charge in [-0.2, -0.15) is 0 Å². The molecule has 138 valence electrons. The number of hydrogen-bond acceptors (Lipinski definition) is 4. The van der Waals surface area contributed by atoms with Gasteiger partial charge in [0.25, 0.3) is 0 Å². The summed E-state index contributed by atoms with van der Waals surface area (Å²) in [6.45, 7) is 1.15. The Morgan fingerprint density at radius 3 is 2.81 bits per heavy atom. The summed E-state index contributed by atoms with van der Waals surface area (Å²) in [5.74, 6) is 1.29. The van der Waals surface area contributed by atoms with Gasteiger partial charge >= 0.3 is 5.69 Å². The lowest BCUT2D eigenvalue weighted by molar-refractivity contribution is 0.363. The molecule has 0 spiro atoms. The average Bonchev–Trinajstić information content (AvgIpc) is 3.19. The third-order valence-electron chi connectivity index (χ3n) is 5.15. The van der Waals surface area contributed by atoms with E-state index in [4.69, 9.17) is 0 Å². The van der Waals surface area contributed by atoms with Gasteiger partial charge in [-0.1, -0.05) is 0 Å². The summed E-state index contributed by atoms with van der Waals surface area (Å²) in [4.78, 5) is 16.5. The number of nitrogens with one attached hydrogen (secondary N) is 1. The molecule has 3 heterocycles. The van der Waals surface area contributed by atoms with Crippen LogP contribution in [-0.4, -0.2) is 33.6 Å². The SMILES string of the molecule is Cn1c(=O)n(C)c2cc(S(=O)(=O)NCC3CCc4nccn4C3)ccc21. The normalized spacial score (nSPS) is 17.5. The van der Waals surface area contributed by atoms with E-state index in [0.717, 1.165) is 25.2 Å². The molecule has 9 heteroatoms. The number of aryl methyl sites for hydroxylation is 3. The predicted octanol–water partition coefficient (Wildman–Crippen LogP) is 0.614. The van der Waals surface area contributed by atoms with Crippen LogP contribution < -0.4 is 10.4 Å². The Kier molecular flexibility index (Phi) is 4.00. The van der Waals surface area contributed by atoms with Crippen molar-refractivity contribution in [1.29, 1.82) is 0 Å². The molecule has 0 fully saturated rings. The minimum Gasteiger partial charge on any atom is -0.335 e. The Hall–Kier alpha value is -2.39. The van der Waals surface area contributed by atoms with E-state index in [-0.39, 0.29) is 16.5 Å². The van der Waals surface area contributed by atoms with Crippen molar-refractivity contribution in [2.24, 2.45) is 20.0 Å². The first kappa shape index (κ1) is 17.0. The number of hydrogen-bond donors (Lipinski definition) is 1. The van der Waals surface area contributed by atoms with Crippen molar-refractivity contribution >= 4 is 21.1 Å². The maximum atomic E-state index is 12.7. The first-order valence-corrected chi connectivity index (χ1v) is 10.0. The van der Waals surface area contributed by atoms with Gasteiger partial charge in [0.15, 0.2) is 0 Å². The molecule has 1 N–H and O–H groups in total. The number of imidazole rings is 2. The fraction of sp³-hybridized carbons (Fsp3) is 0.412. The van der Waals surface area contributed by atoms with Crippen LogP contribution in [0.5, 0.6) is 0 Å². The van der Waals surface area contributed by atoms with Crippen LogP contribution in [0.3, 0.4) is 0 Å². The number of fused-ring (bicyclic) bond motifs is 2. The zero-order valence-corrected chi connectivity index (χ0v) is 15.5. The van der Waals surface area contributed by atoms with Crippen LogP contribution in [0.25, 0.3) is 11.0 Å². The van der Waals surface area contributed by atoms with Crippen molar-refractivity contribution in [2.75, 3.05) is 6.54 Å². The van der Waals surface area contributed by atoms with Crippen LogP contribution in [0.2, 0.25) is 0 Å². The van der Waals surface area contributed by atoms with Gasteiger partial charge < -0.3 is 4.57 Å². The molecule has 0 radical (unpaired) electrons. The molecule has 1 unspecified atom stereocenters. The zero-order valence-electron chi connectivity index (χ0n) is 14.7. The molecule has 0 saturated carbocycles. The molecule has 2 aromatic heterocycles. The van der Waals surface area contributed by atoms with Crippen LogP contribution in [-0.2, 0) is 37.1 Å². The molecular formula is C17H21N5O3S. The van der Waals surface area contributed by atoms with Gasteiger partial charge in [-0.05, 0) is 30.5 Å². The molecule has 3 aromatic rings. The summed E-state index contributed by atoms with van der Waals surface area (Å²) < 4.78 is 33.1. The van der Waals surface area contributed by atoms with E-state index in [1.54, 1.807) is 38.5 Å². The topological polar surface area (TPSA) is 90.9 Å². The van der Waals surface area contributed by atoms with Crippen molar-refractivity contribution in [1.82, 2.24) is 23.4 Å². The maximum Gasteiger partial charge on any atom is 0.328 e. The summed E-state index contributed by atoms with van der Waals surface area (Å²) in [7, 11) is -0.326. The molecule has 1 aliphatic heterocycles. The molecule has 1 aliphatic rings. The average molecular weight is 375 g/mol. The van der Waals surface area contributed by atoms with E-state index in [0.29, 0.717) is 17.6 Å². The lowest BCUT2D eigenvalue weighted by Crippen LogP contribution is -2.33. The monoisotopic (exact) mass is 375 g/mol. The molecule has 1 aromatic carbocycles. The van der Waals surface area contributed by atoms with Crippen LogP contribution in [0, 0.1) is 5.92 Å². The van der Waals surface area contributed by atoms with Crippen LogP contribution in [0.1, 0.15) is 12.2 Å². The highest BCUT2D eigenvalue weighted by atomic mass is 32.2. The van der Waals surface area contributed by atoms with Crippen LogP contribution in [0.15, 0.2) is 40.3 Å². The van der Waals surface area contributed by atoms with Crippen molar-refractivity contribution < 1.29 is 8.42 Å². The maximum absolute atomic E-state index is 12.7. The van der Waals surface area contributed by atoms with E-state index in [9.17, 15) is 13.2 Å². The van der Waals surface area contributed by atoms with Crippen molar-refractivity contribution in [2.45, 2.75) is 24.3 Å². The summed E-state index contributed by atoms with van der Waals surface area (Å²) in [5.41, 5.74) is 1.12. The Morgan fingerprint density at radius 1 is 1.23 bits per heavy atom. The number of benzene rings is 1. The minimum absolute atomic E-state index is 0.172. The number of sulfonamides is 1. The third-order valence-corrected chi connectivity index (χ3v) is 6.57. The van der Waals surface area contributed by atoms with Gasteiger partial charge in [0, 0.05) is 46.0 Å². The first-order chi connectivity index (χ1) is 12.4. The van der Waals surface area contributed by atoms with Crippen molar-refractivity contribution in [3.8, 4) is 0 Å². The van der Waals surface area contributed by atoms with Gasteiger partial charge in [-0.3, -0.25) is 9.13 Å². The second-order valence-electron chi connectivity index (χ2n) is 6.80. The van der Waals surface area contributed by atoms with Crippen LogP contribution in [0.4, 0.5) is 0 Å². The third kappa shape index (κ3) is 2.77. The lowest BCUT2D eigenvalue weighted by atomic mass is 10.00. The highest BCUT2D eigenvalue weighted by Gasteiger charge is 2.22. The van der Waals surface area contributed by atoms with Gasteiger partial charge in [-0.15, -0.1) is 0 Å². The number of rotatable bonds is 4. The summed E-state index contributed by atoms with van der Waals surface area (Å²) in [5, 5.41) is 0. The van der Waals surface area contributed by atoms with Crippen molar-refractivity contribution in [3.05, 3.63) is 46.9 Å². The van der Waals surface area contributed by atoms with Gasteiger partial charge in [0.2, 0.25) is 10.0 Å². The van der Waals surface area contributed by atoms with E-state index in [1.165, 1.54) is 9.13 Å². The summed E-state index contributed by atoms with van der Waals surface area (Å²) in [6.07, 6.45) is 5.48. The Labute approximate surface area is 151 Å². The van der Waals surface area contributed by atoms with Gasteiger partial charge in [-0.25, -0.2) is 22.9 Å². The molecule has 4 rings (SSSR count). The molecule has 0 saturated heterocycles. The van der Waals surface area contributed by atoms with E-state index < -0.39 is 10.0 Å². The second-order valence-corrected chi connectivity index (χ2v) is 8.57. The fourth-order valence-electron chi connectivity index (χ4n) is 3.57. The highest BCUT2D eigenvalue weighted by molar-refractivity contribution is 7.89. The Bertz CT molecular complexity index is 1140. The molecule has 0 amide bonds. The second kappa shape index (κ2) is 6.10. The summed E-state index contributed by atoms with van der Waals surface area (Å²) in [6, 6.07) is 4.76. The first-order valence-electron chi connectivity index (χ1n) is 8.52. The summed E-state index contributed by atoms with van der Waals surface area (Å²) >= 11 is 0. The van der Waals surface area contributed by atoms with E-state index in [2.05, 4.69) is 14.3 Å². The van der Waals surface area contributed by atoms with Crippen LogP contribution >= 0.6 is 0 Å². The minimum atomic E-state index is -3.63. The standard InChI is InChI=1S/C17H21N5O3S/c1-20-14-5-4-13(9-15(14)21(2)17(20)23)26(24,25)19-10-12-3-6-16-18-7-8-22(16)11-12/h4-5,7-9,12,19H,3,6,10-11H2,1-2H3. The van der Waals surface area contributed by atoms with Gasteiger partial charge in [0.1, 0.15) is 5.82 Å². The molecule has 8 nitrogen and oxygen atoms in total. The predicted molar refractivity (Wildman–Crippen MR) is 97.4 cm³/mol.